The molecular weight excluding hydrogens is 314 g/mol. The normalized spacial score (nSPS) is 24.8. The molecule has 1 saturated heterocycles. The molecule has 0 radical (unpaired) electrons. The zero-order chi connectivity index (χ0) is 16.3. The smallest absolute Gasteiger partial charge is 0.214 e. The van der Waals surface area contributed by atoms with Crippen LogP contribution in [-0.4, -0.2) is 48.0 Å². The van der Waals surface area contributed by atoms with Crippen LogP contribution < -0.4 is 0 Å². The predicted molar refractivity (Wildman–Crippen MR) is 88.5 cm³/mol. The lowest BCUT2D eigenvalue weighted by molar-refractivity contribution is -0.00272. The van der Waals surface area contributed by atoms with E-state index in [-0.39, 0.29) is 6.10 Å². The van der Waals surface area contributed by atoms with Gasteiger partial charge in [-0.05, 0) is 25.7 Å². The minimum Gasteiger partial charge on any atom is -0.371 e. The van der Waals surface area contributed by atoms with Gasteiger partial charge in [0.2, 0.25) is 10.0 Å². The van der Waals surface area contributed by atoms with Crippen molar-refractivity contribution in [3.8, 4) is 0 Å². The molecule has 0 N–H and O–H groups in total. The summed E-state index contributed by atoms with van der Waals surface area (Å²) in [6, 6.07) is 0. The summed E-state index contributed by atoms with van der Waals surface area (Å²) in [6.45, 7) is 4.15. The highest BCUT2D eigenvalue weighted by molar-refractivity contribution is 7.89. The summed E-state index contributed by atoms with van der Waals surface area (Å²) in [5.41, 5.74) is 0.962. The molecule has 1 aromatic heterocycles. The Morgan fingerprint density at radius 2 is 2.09 bits per heavy atom. The second kappa shape index (κ2) is 7.32. The van der Waals surface area contributed by atoms with Crippen molar-refractivity contribution in [2.45, 2.75) is 51.7 Å². The molecule has 0 spiro atoms. The SMILES string of the molecule is CCn1cc([C@H]2CN(S(=O)(=O)CC3CCCCC3)CCO2)cn1. The van der Waals surface area contributed by atoms with Crippen LogP contribution in [-0.2, 0) is 21.3 Å². The second-order valence-electron chi connectivity index (χ2n) is 6.63. The number of aromatic nitrogens is 2. The summed E-state index contributed by atoms with van der Waals surface area (Å²) in [5, 5.41) is 4.26. The van der Waals surface area contributed by atoms with E-state index >= 15 is 0 Å². The third-order valence-corrected chi connectivity index (χ3v) is 6.95. The summed E-state index contributed by atoms with van der Waals surface area (Å²) in [4.78, 5) is 0. The Morgan fingerprint density at radius 3 is 2.78 bits per heavy atom. The van der Waals surface area contributed by atoms with Crippen LogP contribution in [0.4, 0.5) is 0 Å². The highest BCUT2D eigenvalue weighted by atomic mass is 32.2. The highest BCUT2D eigenvalue weighted by Gasteiger charge is 2.32. The first-order valence-electron chi connectivity index (χ1n) is 8.70. The van der Waals surface area contributed by atoms with Crippen LogP contribution in [0.5, 0.6) is 0 Å². The number of ether oxygens (including phenoxy) is 1. The van der Waals surface area contributed by atoms with Crippen LogP contribution in [0.25, 0.3) is 0 Å². The summed E-state index contributed by atoms with van der Waals surface area (Å²) >= 11 is 0. The highest BCUT2D eigenvalue weighted by Crippen LogP contribution is 2.28. The first kappa shape index (κ1) is 16.9. The average molecular weight is 341 g/mol. The van der Waals surface area contributed by atoms with E-state index in [1.165, 1.54) is 19.3 Å². The van der Waals surface area contributed by atoms with Crippen LogP contribution in [0.15, 0.2) is 12.4 Å². The Kier molecular flexibility index (Phi) is 5.38. The molecule has 1 aliphatic carbocycles. The maximum atomic E-state index is 12.7. The third kappa shape index (κ3) is 4.14. The van der Waals surface area contributed by atoms with Gasteiger partial charge in [0.15, 0.2) is 0 Å². The first-order valence-corrected chi connectivity index (χ1v) is 10.3. The average Bonchev–Trinajstić information content (AvgIpc) is 3.05. The van der Waals surface area contributed by atoms with Gasteiger partial charge in [-0.1, -0.05) is 19.3 Å². The van der Waals surface area contributed by atoms with Gasteiger partial charge < -0.3 is 4.74 Å². The number of hydrogen-bond acceptors (Lipinski definition) is 4. The maximum Gasteiger partial charge on any atom is 0.214 e. The largest absolute Gasteiger partial charge is 0.371 e. The molecule has 2 aliphatic rings. The van der Waals surface area contributed by atoms with Crippen molar-refractivity contribution in [2.24, 2.45) is 5.92 Å². The summed E-state index contributed by atoms with van der Waals surface area (Å²) in [7, 11) is -3.20. The van der Waals surface area contributed by atoms with Crippen LogP contribution in [0.2, 0.25) is 0 Å². The van der Waals surface area contributed by atoms with Gasteiger partial charge >= 0.3 is 0 Å². The molecule has 2 heterocycles. The molecule has 2 fully saturated rings. The Bertz CT molecular complexity index is 608. The molecule has 7 heteroatoms. The van der Waals surface area contributed by atoms with Crippen molar-refractivity contribution < 1.29 is 13.2 Å². The van der Waals surface area contributed by atoms with Crippen molar-refractivity contribution in [2.75, 3.05) is 25.4 Å². The summed E-state index contributed by atoms with van der Waals surface area (Å²) in [6.07, 6.45) is 9.21. The van der Waals surface area contributed by atoms with E-state index < -0.39 is 10.0 Å². The van der Waals surface area contributed by atoms with E-state index in [1.54, 1.807) is 10.5 Å². The Balaban J connectivity index is 1.64. The number of aryl methyl sites for hydroxylation is 1. The number of hydrogen-bond donors (Lipinski definition) is 0. The van der Waals surface area contributed by atoms with Gasteiger partial charge in [0, 0.05) is 31.4 Å². The Morgan fingerprint density at radius 1 is 1.30 bits per heavy atom. The van der Waals surface area contributed by atoms with Crippen molar-refractivity contribution in [3.05, 3.63) is 18.0 Å². The predicted octanol–water partition coefficient (Wildman–Crippen LogP) is 2.19. The van der Waals surface area contributed by atoms with E-state index in [1.807, 2.05) is 17.8 Å². The molecular formula is C16H27N3O3S. The fourth-order valence-corrected chi connectivity index (χ4v) is 5.41. The fourth-order valence-electron chi connectivity index (χ4n) is 3.56. The summed E-state index contributed by atoms with van der Waals surface area (Å²) < 4.78 is 34.7. The standard InChI is InChI=1S/C16H27N3O3S/c1-2-18-11-15(10-17-18)16-12-19(8-9-22-16)23(20,21)13-14-6-4-3-5-7-14/h10-11,14,16H,2-9,12-13H2,1H3/t16-/m1/s1. The quantitative estimate of drug-likeness (QED) is 0.823. The fraction of sp³-hybridized carbons (Fsp3) is 0.812. The molecule has 1 atom stereocenters. The van der Waals surface area contributed by atoms with Crippen LogP contribution in [0.3, 0.4) is 0 Å². The Labute approximate surface area is 138 Å². The van der Waals surface area contributed by atoms with Gasteiger partial charge in [0.25, 0.3) is 0 Å². The first-order chi connectivity index (χ1) is 11.1. The topological polar surface area (TPSA) is 64.4 Å². The van der Waals surface area contributed by atoms with Gasteiger partial charge in [-0.25, -0.2) is 8.42 Å². The number of nitrogens with zero attached hydrogens (tertiary/aromatic N) is 3. The zero-order valence-electron chi connectivity index (χ0n) is 13.9. The van der Waals surface area contributed by atoms with Gasteiger partial charge in [-0.3, -0.25) is 4.68 Å². The molecule has 0 unspecified atom stereocenters. The minimum atomic E-state index is -3.20. The van der Waals surface area contributed by atoms with E-state index in [4.69, 9.17) is 4.74 Å². The van der Waals surface area contributed by atoms with E-state index in [0.717, 1.165) is 24.9 Å². The molecule has 0 amide bonds. The lowest BCUT2D eigenvalue weighted by atomic mass is 9.91. The molecule has 0 bridgehead atoms. The molecule has 0 aromatic carbocycles. The van der Waals surface area contributed by atoms with Crippen molar-refractivity contribution in [1.29, 1.82) is 0 Å². The monoisotopic (exact) mass is 341 g/mol. The Hall–Kier alpha value is -0.920. The van der Waals surface area contributed by atoms with Crippen molar-refractivity contribution in [1.82, 2.24) is 14.1 Å². The van der Waals surface area contributed by atoms with Crippen molar-refractivity contribution in [3.63, 3.8) is 0 Å². The molecule has 1 saturated carbocycles. The molecule has 130 valence electrons. The molecule has 23 heavy (non-hydrogen) atoms. The van der Waals surface area contributed by atoms with E-state index in [9.17, 15) is 8.42 Å². The lowest BCUT2D eigenvalue weighted by Gasteiger charge is -2.33. The minimum absolute atomic E-state index is 0.204. The van der Waals surface area contributed by atoms with E-state index in [2.05, 4.69) is 5.10 Å². The van der Waals surface area contributed by atoms with Gasteiger partial charge in [-0.15, -0.1) is 0 Å². The number of rotatable bonds is 5. The second-order valence-corrected chi connectivity index (χ2v) is 8.64. The zero-order valence-corrected chi connectivity index (χ0v) is 14.7. The number of morpholine rings is 1. The van der Waals surface area contributed by atoms with Crippen LogP contribution >= 0.6 is 0 Å². The third-order valence-electron chi connectivity index (χ3n) is 4.94. The lowest BCUT2D eigenvalue weighted by Crippen LogP contribution is -2.44. The van der Waals surface area contributed by atoms with Gasteiger partial charge in [-0.2, -0.15) is 9.40 Å². The molecule has 3 rings (SSSR count). The molecule has 1 aromatic rings. The number of sulfonamides is 1. The molecule has 6 nitrogen and oxygen atoms in total. The maximum absolute atomic E-state index is 12.7. The molecule has 1 aliphatic heterocycles. The summed E-state index contributed by atoms with van der Waals surface area (Å²) in [5.74, 6) is 0.631. The van der Waals surface area contributed by atoms with Gasteiger partial charge in [0.05, 0.1) is 24.7 Å². The van der Waals surface area contributed by atoms with Gasteiger partial charge in [0.1, 0.15) is 0 Å². The van der Waals surface area contributed by atoms with Crippen LogP contribution in [0, 0.1) is 5.92 Å². The van der Waals surface area contributed by atoms with E-state index in [0.29, 0.717) is 31.4 Å². The van der Waals surface area contributed by atoms with Crippen molar-refractivity contribution >= 4 is 10.0 Å². The van der Waals surface area contributed by atoms with Crippen LogP contribution in [0.1, 0.15) is 50.7 Å².